The van der Waals surface area contributed by atoms with Crippen LogP contribution < -0.4 is 10.2 Å². The summed E-state index contributed by atoms with van der Waals surface area (Å²) >= 11 is 0. The lowest BCUT2D eigenvalue weighted by Gasteiger charge is -2.19. The predicted molar refractivity (Wildman–Crippen MR) is 72.2 cm³/mol. The Bertz CT molecular complexity index is 461. The van der Waals surface area contributed by atoms with Crippen LogP contribution in [0.1, 0.15) is 18.6 Å². The molecule has 0 bridgehead atoms. The molecule has 0 fully saturated rings. The van der Waals surface area contributed by atoms with E-state index in [-0.39, 0.29) is 19.1 Å². The molecule has 0 radical (unpaired) electrons. The largest absolute Gasteiger partial charge is 0.491 e. The van der Waals surface area contributed by atoms with Crippen molar-refractivity contribution in [1.82, 2.24) is 5.48 Å². The predicted octanol–water partition coefficient (Wildman–Crippen LogP) is 0.789. The summed E-state index contributed by atoms with van der Waals surface area (Å²) in [5, 5.41) is 27.4. The van der Waals surface area contributed by atoms with Gasteiger partial charge in [-0.25, -0.2) is 5.48 Å². The number of benzene rings is 1. The van der Waals surface area contributed by atoms with Crippen LogP contribution in [0.5, 0.6) is 5.75 Å². The molecule has 0 aliphatic carbocycles. The number of hydrogen-bond donors (Lipinski definition) is 4. The lowest BCUT2D eigenvalue weighted by atomic mass is 9.96. The van der Waals surface area contributed by atoms with Gasteiger partial charge in [-0.05, 0) is 6.07 Å². The van der Waals surface area contributed by atoms with Crippen molar-refractivity contribution in [2.24, 2.45) is 5.92 Å². The third-order valence-electron chi connectivity index (χ3n) is 2.75. The number of para-hydroxylation sites is 1. The number of hydrogen-bond acceptors (Lipinski definition) is 5. The van der Waals surface area contributed by atoms with Crippen LogP contribution in [0.15, 0.2) is 36.4 Å². The summed E-state index contributed by atoms with van der Waals surface area (Å²) in [7, 11) is 0. The van der Waals surface area contributed by atoms with Crippen LogP contribution >= 0.6 is 0 Å². The van der Waals surface area contributed by atoms with Gasteiger partial charge in [-0.1, -0.05) is 31.2 Å². The molecular formula is C14H19NO5. The van der Waals surface area contributed by atoms with Gasteiger partial charge >= 0.3 is 0 Å². The Morgan fingerprint density at radius 3 is 2.80 bits per heavy atom. The molecule has 110 valence electrons. The SMILES string of the molecule is C[C@@H](/C=C/C(=O)NO)[C@H](O)c1ccccc1OCCO. The van der Waals surface area contributed by atoms with E-state index in [1.54, 1.807) is 31.2 Å². The third kappa shape index (κ3) is 4.65. The summed E-state index contributed by atoms with van der Waals surface area (Å²) in [6.45, 7) is 1.76. The van der Waals surface area contributed by atoms with Crippen LogP contribution in [0, 0.1) is 5.92 Å². The molecule has 1 rings (SSSR count). The minimum Gasteiger partial charge on any atom is -0.491 e. The molecule has 4 N–H and O–H groups in total. The van der Waals surface area contributed by atoms with Crippen molar-refractivity contribution < 1.29 is 25.0 Å². The molecule has 1 aromatic rings. The smallest absolute Gasteiger partial charge is 0.267 e. The van der Waals surface area contributed by atoms with Crippen LogP contribution in [0.3, 0.4) is 0 Å². The van der Waals surface area contributed by atoms with Gasteiger partial charge < -0.3 is 14.9 Å². The Balaban J connectivity index is 2.82. The van der Waals surface area contributed by atoms with Gasteiger partial charge in [0.15, 0.2) is 0 Å². The zero-order valence-electron chi connectivity index (χ0n) is 11.2. The van der Waals surface area contributed by atoms with Crippen molar-refractivity contribution in [3.8, 4) is 5.75 Å². The Labute approximate surface area is 117 Å². The van der Waals surface area contributed by atoms with Gasteiger partial charge in [-0.3, -0.25) is 10.0 Å². The van der Waals surface area contributed by atoms with Gasteiger partial charge in [-0.2, -0.15) is 0 Å². The van der Waals surface area contributed by atoms with Crippen LogP contribution in [-0.4, -0.2) is 34.5 Å². The zero-order valence-corrected chi connectivity index (χ0v) is 11.2. The number of nitrogens with one attached hydrogen (secondary N) is 1. The molecule has 0 aliphatic heterocycles. The van der Waals surface area contributed by atoms with Gasteiger partial charge in [0.1, 0.15) is 12.4 Å². The second-order valence-electron chi connectivity index (χ2n) is 4.25. The molecule has 0 spiro atoms. The van der Waals surface area contributed by atoms with Gasteiger partial charge in [0, 0.05) is 17.6 Å². The van der Waals surface area contributed by atoms with Crippen LogP contribution in [-0.2, 0) is 4.79 Å². The van der Waals surface area contributed by atoms with Crippen LogP contribution in [0.25, 0.3) is 0 Å². The maximum Gasteiger partial charge on any atom is 0.267 e. The molecule has 6 nitrogen and oxygen atoms in total. The number of rotatable bonds is 7. The summed E-state index contributed by atoms with van der Waals surface area (Å²) < 4.78 is 5.35. The molecule has 0 unspecified atom stereocenters. The molecule has 0 saturated heterocycles. The molecule has 2 atom stereocenters. The maximum atomic E-state index is 10.9. The fourth-order valence-electron chi connectivity index (χ4n) is 1.68. The molecular weight excluding hydrogens is 262 g/mol. The molecule has 0 heterocycles. The standard InChI is InChI=1S/C14H19NO5/c1-10(6-7-13(17)15-19)14(18)11-4-2-3-5-12(11)20-9-8-16/h2-7,10,14,16,18-19H,8-9H2,1H3,(H,15,17)/b7-6+/t10-,14-/m0/s1. The number of carbonyl (C=O) groups is 1. The molecule has 6 heteroatoms. The van der Waals surface area contributed by atoms with Crippen molar-refractivity contribution in [1.29, 1.82) is 0 Å². The first-order chi connectivity index (χ1) is 9.60. The van der Waals surface area contributed by atoms with Crippen molar-refractivity contribution >= 4 is 5.91 Å². The quantitative estimate of drug-likeness (QED) is 0.336. The maximum absolute atomic E-state index is 10.9. The minimum atomic E-state index is -0.868. The topological polar surface area (TPSA) is 99.0 Å². The van der Waals surface area contributed by atoms with E-state index in [9.17, 15) is 9.90 Å². The number of aliphatic hydroxyl groups is 2. The van der Waals surface area contributed by atoms with E-state index in [1.807, 2.05) is 0 Å². The highest BCUT2D eigenvalue weighted by atomic mass is 16.5. The van der Waals surface area contributed by atoms with Crippen molar-refractivity contribution in [3.05, 3.63) is 42.0 Å². The summed E-state index contributed by atoms with van der Waals surface area (Å²) in [6, 6.07) is 6.95. The number of hydroxylamine groups is 1. The average molecular weight is 281 g/mol. The first-order valence-electron chi connectivity index (χ1n) is 6.23. The normalized spacial score (nSPS) is 14.0. The first kappa shape index (κ1) is 16.2. The minimum absolute atomic E-state index is 0.115. The lowest BCUT2D eigenvalue weighted by Crippen LogP contribution is -2.16. The molecule has 20 heavy (non-hydrogen) atoms. The van der Waals surface area contributed by atoms with Crippen molar-refractivity contribution in [2.75, 3.05) is 13.2 Å². The molecule has 0 aliphatic rings. The molecule has 1 aromatic carbocycles. The fraction of sp³-hybridized carbons (Fsp3) is 0.357. The van der Waals surface area contributed by atoms with Crippen molar-refractivity contribution in [2.45, 2.75) is 13.0 Å². The fourth-order valence-corrected chi connectivity index (χ4v) is 1.68. The molecule has 0 saturated carbocycles. The van der Waals surface area contributed by atoms with Crippen LogP contribution in [0.2, 0.25) is 0 Å². The van der Waals surface area contributed by atoms with E-state index in [2.05, 4.69) is 0 Å². The van der Waals surface area contributed by atoms with Gasteiger partial charge in [0.2, 0.25) is 0 Å². The second-order valence-corrected chi connectivity index (χ2v) is 4.25. The first-order valence-corrected chi connectivity index (χ1v) is 6.23. The molecule has 0 aromatic heterocycles. The van der Waals surface area contributed by atoms with E-state index >= 15 is 0 Å². The number of carbonyl (C=O) groups excluding carboxylic acids is 1. The summed E-state index contributed by atoms with van der Waals surface area (Å²) in [4.78, 5) is 10.9. The number of ether oxygens (including phenoxy) is 1. The highest BCUT2D eigenvalue weighted by molar-refractivity contribution is 5.86. The second kappa shape index (κ2) is 8.31. The van der Waals surface area contributed by atoms with Crippen molar-refractivity contribution in [3.63, 3.8) is 0 Å². The van der Waals surface area contributed by atoms with Gasteiger partial charge in [-0.15, -0.1) is 0 Å². The van der Waals surface area contributed by atoms with Crippen LogP contribution in [0.4, 0.5) is 0 Å². The lowest BCUT2D eigenvalue weighted by molar-refractivity contribution is -0.124. The van der Waals surface area contributed by atoms with Gasteiger partial charge in [0.25, 0.3) is 5.91 Å². The Morgan fingerprint density at radius 2 is 2.15 bits per heavy atom. The number of amides is 1. The van der Waals surface area contributed by atoms with E-state index < -0.39 is 12.0 Å². The highest BCUT2D eigenvalue weighted by Gasteiger charge is 2.18. The Hall–Kier alpha value is -1.89. The van der Waals surface area contributed by atoms with E-state index in [1.165, 1.54) is 11.6 Å². The summed E-state index contributed by atoms with van der Waals surface area (Å²) in [6.07, 6.45) is 1.76. The average Bonchev–Trinajstić information content (AvgIpc) is 2.49. The number of aliphatic hydroxyl groups excluding tert-OH is 2. The van der Waals surface area contributed by atoms with E-state index in [0.29, 0.717) is 11.3 Å². The Kier molecular flexibility index (Phi) is 6.72. The Morgan fingerprint density at radius 1 is 1.45 bits per heavy atom. The third-order valence-corrected chi connectivity index (χ3v) is 2.75. The van der Waals surface area contributed by atoms with E-state index in [4.69, 9.17) is 15.1 Å². The van der Waals surface area contributed by atoms with E-state index in [0.717, 1.165) is 6.08 Å². The van der Waals surface area contributed by atoms with Gasteiger partial charge in [0.05, 0.1) is 12.7 Å². The monoisotopic (exact) mass is 281 g/mol. The molecule has 1 amide bonds. The summed E-state index contributed by atoms with van der Waals surface area (Å²) in [5.41, 5.74) is 2.05. The zero-order chi connectivity index (χ0) is 15.0. The summed E-state index contributed by atoms with van der Waals surface area (Å²) in [5.74, 6) is -0.527. The highest BCUT2D eigenvalue weighted by Crippen LogP contribution is 2.30.